The SMILES string of the molecule is O=C(O)C1=C(NC(=O)C2CCC(N3CCNC3)=NN2)CCCC1. The summed E-state index contributed by atoms with van der Waals surface area (Å²) >= 11 is 0. The van der Waals surface area contributed by atoms with Crippen molar-refractivity contribution in [2.75, 3.05) is 19.8 Å². The van der Waals surface area contributed by atoms with Gasteiger partial charge >= 0.3 is 5.97 Å². The smallest absolute Gasteiger partial charge is 0.333 e. The van der Waals surface area contributed by atoms with Crippen LogP contribution in [0.4, 0.5) is 0 Å². The number of carbonyl (C=O) groups excluding carboxylic acids is 1. The monoisotopic (exact) mass is 321 g/mol. The molecular weight excluding hydrogens is 298 g/mol. The predicted molar refractivity (Wildman–Crippen MR) is 84.4 cm³/mol. The molecule has 2 heterocycles. The Morgan fingerprint density at radius 3 is 2.74 bits per heavy atom. The minimum atomic E-state index is -0.932. The Bertz CT molecular complexity index is 551. The van der Waals surface area contributed by atoms with Gasteiger partial charge in [0.25, 0.3) is 0 Å². The van der Waals surface area contributed by atoms with Gasteiger partial charge in [0.15, 0.2) is 0 Å². The van der Waals surface area contributed by atoms with Crippen molar-refractivity contribution in [1.29, 1.82) is 0 Å². The lowest BCUT2D eigenvalue weighted by Gasteiger charge is -2.27. The summed E-state index contributed by atoms with van der Waals surface area (Å²) in [4.78, 5) is 25.8. The van der Waals surface area contributed by atoms with Gasteiger partial charge in [0.1, 0.15) is 11.9 Å². The van der Waals surface area contributed by atoms with Gasteiger partial charge in [0, 0.05) is 25.2 Å². The molecule has 8 nitrogen and oxygen atoms in total. The first-order chi connectivity index (χ1) is 11.1. The van der Waals surface area contributed by atoms with Gasteiger partial charge in [-0.25, -0.2) is 4.79 Å². The highest BCUT2D eigenvalue weighted by Crippen LogP contribution is 2.23. The van der Waals surface area contributed by atoms with Gasteiger partial charge in [-0.1, -0.05) is 0 Å². The number of carbonyl (C=O) groups is 2. The van der Waals surface area contributed by atoms with Crippen molar-refractivity contribution in [2.24, 2.45) is 5.10 Å². The van der Waals surface area contributed by atoms with E-state index in [0.29, 0.717) is 30.5 Å². The lowest BCUT2D eigenvalue weighted by atomic mass is 9.96. The van der Waals surface area contributed by atoms with Gasteiger partial charge in [-0.3, -0.25) is 15.5 Å². The largest absolute Gasteiger partial charge is 0.478 e. The molecule has 1 aliphatic carbocycles. The van der Waals surface area contributed by atoms with E-state index < -0.39 is 12.0 Å². The number of hydrogen-bond acceptors (Lipinski definition) is 6. The summed E-state index contributed by atoms with van der Waals surface area (Å²) in [5, 5.41) is 19.6. The Hall–Kier alpha value is -2.09. The van der Waals surface area contributed by atoms with Crippen LogP contribution >= 0.6 is 0 Å². The average molecular weight is 321 g/mol. The molecule has 0 aromatic carbocycles. The van der Waals surface area contributed by atoms with Crippen molar-refractivity contribution in [1.82, 2.24) is 21.0 Å². The second-order valence-corrected chi connectivity index (χ2v) is 6.13. The third-order valence-electron chi connectivity index (χ3n) is 4.55. The van der Waals surface area contributed by atoms with Crippen molar-refractivity contribution in [3.05, 3.63) is 11.3 Å². The number of hydrogen-bond donors (Lipinski definition) is 4. The Morgan fingerprint density at radius 1 is 1.26 bits per heavy atom. The van der Waals surface area contributed by atoms with E-state index in [-0.39, 0.29) is 5.91 Å². The summed E-state index contributed by atoms with van der Waals surface area (Å²) in [6.45, 7) is 2.69. The summed E-state index contributed by atoms with van der Waals surface area (Å²) in [6.07, 6.45) is 4.32. The lowest BCUT2D eigenvalue weighted by Crippen LogP contribution is -2.47. The molecule has 1 unspecified atom stereocenters. The van der Waals surface area contributed by atoms with Crippen LogP contribution < -0.4 is 16.1 Å². The minimum absolute atomic E-state index is 0.192. The summed E-state index contributed by atoms with van der Waals surface area (Å²) in [7, 11) is 0. The fourth-order valence-electron chi connectivity index (χ4n) is 3.21. The molecule has 0 radical (unpaired) electrons. The summed E-state index contributed by atoms with van der Waals surface area (Å²) in [6, 6.07) is -0.404. The third kappa shape index (κ3) is 3.64. The van der Waals surface area contributed by atoms with E-state index in [9.17, 15) is 14.7 Å². The zero-order chi connectivity index (χ0) is 16.2. The molecule has 23 heavy (non-hydrogen) atoms. The molecule has 2 aliphatic heterocycles. The Labute approximate surface area is 135 Å². The van der Waals surface area contributed by atoms with Crippen LogP contribution in [0, 0.1) is 0 Å². The molecule has 0 saturated carbocycles. The molecule has 0 bridgehead atoms. The van der Waals surface area contributed by atoms with Crippen LogP contribution in [-0.4, -0.2) is 53.5 Å². The van der Waals surface area contributed by atoms with Crippen LogP contribution in [0.15, 0.2) is 16.4 Å². The second-order valence-electron chi connectivity index (χ2n) is 6.13. The Morgan fingerprint density at radius 2 is 2.09 bits per heavy atom. The number of hydrazone groups is 1. The average Bonchev–Trinajstić information content (AvgIpc) is 3.10. The van der Waals surface area contributed by atoms with Crippen molar-refractivity contribution < 1.29 is 14.7 Å². The van der Waals surface area contributed by atoms with E-state index in [1.165, 1.54) is 0 Å². The van der Waals surface area contributed by atoms with Gasteiger partial charge in [0.2, 0.25) is 5.91 Å². The van der Waals surface area contributed by atoms with Crippen molar-refractivity contribution in [3.8, 4) is 0 Å². The quantitative estimate of drug-likeness (QED) is 0.580. The first kappa shape index (κ1) is 15.8. The van der Waals surface area contributed by atoms with Gasteiger partial charge in [-0.2, -0.15) is 5.10 Å². The normalized spacial score (nSPS) is 25.0. The second kappa shape index (κ2) is 6.99. The van der Waals surface area contributed by atoms with Crippen molar-refractivity contribution in [3.63, 3.8) is 0 Å². The number of nitrogens with one attached hydrogen (secondary N) is 3. The number of rotatable bonds is 3. The molecule has 1 amide bonds. The van der Waals surface area contributed by atoms with Crippen LogP contribution in [0.5, 0.6) is 0 Å². The standard InChI is InChI=1S/C15H23N5O3/c21-14(17-11-4-2-1-3-10(11)15(22)23)12-5-6-13(19-18-12)20-8-7-16-9-20/h12,16,18H,1-9H2,(H,17,21)(H,22,23). The van der Waals surface area contributed by atoms with Crippen LogP contribution in [0.2, 0.25) is 0 Å². The Kier molecular flexibility index (Phi) is 4.80. The van der Waals surface area contributed by atoms with Crippen LogP contribution in [0.25, 0.3) is 0 Å². The first-order valence-electron chi connectivity index (χ1n) is 8.19. The van der Waals surface area contributed by atoms with Crippen LogP contribution in [0.1, 0.15) is 38.5 Å². The molecule has 3 rings (SSSR count). The van der Waals surface area contributed by atoms with E-state index in [1.807, 2.05) is 0 Å². The summed E-state index contributed by atoms with van der Waals surface area (Å²) in [5.74, 6) is -0.149. The maximum Gasteiger partial charge on any atom is 0.333 e. The van der Waals surface area contributed by atoms with Crippen LogP contribution in [-0.2, 0) is 9.59 Å². The Balaban J connectivity index is 1.60. The van der Waals surface area contributed by atoms with Gasteiger partial charge in [-0.15, -0.1) is 0 Å². The number of amides is 1. The molecule has 0 spiro atoms. The predicted octanol–water partition coefficient (Wildman–Crippen LogP) is -0.0565. The zero-order valence-corrected chi connectivity index (χ0v) is 13.1. The molecule has 8 heteroatoms. The highest BCUT2D eigenvalue weighted by Gasteiger charge is 2.28. The molecule has 126 valence electrons. The number of aliphatic carboxylic acids is 1. The maximum absolute atomic E-state index is 12.4. The van der Waals surface area contributed by atoms with Gasteiger partial charge in [-0.05, 0) is 32.1 Å². The number of allylic oxidation sites excluding steroid dienone is 1. The minimum Gasteiger partial charge on any atom is -0.478 e. The van der Waals surface area contributed by atoms with Crippen molar-refractivity contribution >= 4 is 17.7 Å². The molecule has 1 saturated heterocycles. The van der Waals surface area contributed by atoms with Gasteiger partial charge in [0.05, 0.1) is 12.2 Å². The van der Waals surface area contributed by atoms with E-state index in [1.54, 1.807) is 0 Å². The molecule has 4 N–H and O–H groups in total. The number of nitrogens with zero attached hydrogens (tertiary/aromatic N) is 2. The number of amidine groups is 1. The molecule has 3 aliphatic rings. The zero-order valence-electron chi connectivity index (χ0n) is 13.1. The maximum atomic E-state index is 12.4. The molecule has 1 atom stereocenters. The lowest BCUT2D eigenvalue weighted by molar-refractivity contribution is -0.133. The van der Waals surface area contributed by atoms with E-state index in [2.05, 4.69) is 26.1 Å². The van der Waals surface area contributed by atoms with E-state index in [0.717, 1.165) is 44.9 Å². The molecular formula is C15H23N5O3. The topological polar surface area (TPSA) is 106 Å². The summed E-state index contributed by atoms with van der Waals surface area (Å²) < 4.78 is 0. The van der Waals surface area contributed by atoms with Crippen LogP contribution in [0.3, 0.4) is 0 Å². The van der Waals surface area contributed by atoms with Gasteiger partial charge < -0.3 is 15.3 Å². The highest BCUT2D eigenvalue weighted by atomic mass is 16.4. The molecule has 0 aromatic rings. The van der Waals surface area contributed by atoms with Crippen molar-refractivity contribution in [2.45, 2.75) is 44.6 Å². The molecule has 0 aromatic heterocycles. The van der Waals surface area contributed by atoms with E-state index >= 15 is 0 Å². The van der Waals surface area contributed by atoms with E-state index in [4.69, 9.17) is 0 Å². The highest BCUT2D eigenvalue weighted by molar-refractivity contribution is 5.91. The fourth-order valence-corrected chi connectivity index (χ4v) is 3.21. The summed E-state index contributed by atoms with van der Waals surface area (Å²) in [5.41, 5.74) is 3.82. The number of carboxylic acid groups (broad SMARTS) is 1. The fraction of sp³-hybridized carbons (Fsp3) is 0.667. The molecule has 1 fully saturated rings. The first-order valence-corrected chi connectivity index (χ1v) is 8.19. The third-order valence-corrected chi connectivity index (χ3v) is 4.55. The number of carboxylic acids is 1.